The van der Waals surface area contributed by atoms with Gasteiger partial charge < -0.3 is 0 Å². The Hall–Kier alpha value is -2.00. The number of fused-ring (bicyclic) bond motifs is 1. The highest BCUT2D eigenvalue weighted by atomic mass is 32.1. The van der Waals surface area contributed by atoms with Crippen LogP contribution in [0, 0.1) is 4.91 Å². The summed E-state index contributed by atoms with van der Waals surface area (Å²) < 4.78 is 1.22. The highest BCUT2D eigenvalue weighted by Gasteiger charge is 2.09. The van der Waals surface area contributed by atoms with Crippen LogP contribution in [0.25, 0.3) is 10.1 Å². The van der Waals surface area contributed by atoms with Crippen molar-refractivity contribution in [1.29, 1.82) is 0 Å². The van der Waals surface area contributed by atoms with Gasteiger partial charge in [0, 0.05) is 4.70 Å². The Labute approximate surface area is 115 Å². The number of benzene rings is 2. The minimum absolute atomic E-state index is 0.571. The Kier molecular flexibility index (Phi) is 3.38. The first-order valence-electron chi connectivity index (χ1n) is 6.25. The van der Waals surface area contributed by atoms with E-state index in [1.54, 1.807) is 11.3 Å². The standard InChI is InChI=1S/C16H13NOS/c18-17-15-8-9-16-14(10-11-19-16)13(15)7-6-12-4-2-1-3-5-12/h1-5,8-11H,6-7H2. The van der Waals surface area contributed by atoms with Crippen molar-refractivity contribution in [3.05, 3.63) is 69.9 Å². The largest absolute Gasteiger partial charge is 0.145 e. The van der Waals surface area contributed by atoms with E-state index in [-0.39, 0.29) is 0 Å². The molecule has 0 unspecified atom stereocenters. The molecule has 2 aromatic carbocycles. The van der Waals surface area contributed by atoms with E-state index < -0.39 is 0 Å². The molecule has 94 valence electrons. The molecular formula is C16H13NOS. The van der Waals surface area contributed by atoms with Gasteiger partial charge in [-0.05, 0) is 58.1 Å². The fraction of sp³-hybridized carbons (Fsp3) is 0.125. The molecule has 0 radical (unpaired) electrons. The van der Waals surface area contributed by atoms with Crippen molar-refractivity contribution in [3.63, 3.8) is 0 Å². The van der Waals surface area contributed by atoms with Gasteiger partial charge in [0.2, 0.25) is 0 Å². The maximum Gasteiger partial charge on any atom is 0.111 e. The van der Waals surface area contributed by atoms with Crippen LogP contribution in [0.1, 0.15) is 11.1 Å². The topological polar surface area (TPSA) is 29.4 Å². The highest BCUT2D eigenvalue weighted by molar-refractivity contribution is 7.17. The molecule has 0 N–H and O–H groups in total. The Morgan fingerprint density at radius 2 is 1.79 bits per heavy atom. The third-order valence-corrected chi connectivity index (χ3v) is 4.21. The molecule has 19 heavy (non-hydrogen) atoms. The fourth-order valence-corrected chi connectivity index (χ4v) is 3.17. The summed E-state index contributed by atoms with van der Waals surface area (Å²) in [5.74, 6) is 0. The van der Waals surface area contributed by atoms with Crippen molar-refractivity contribution < 1.29 is 0 Å². The van der Waals surface area contributed by atoms with E-state index in [1.165, 1.54) is 10.3 Å². The van der Waals surface area contributed by atoms with Crippen molar-refractivity contribution >= 4 is 27.1 Å². The molecule has 3 rings (SSSR count). The Bertz CT molecular complexity index is 703. The number of hydrogen-bond acceptors (Lipinski definition) is 3. The molecule has 0 bridgehead atoms. The van der Waals surface area contributed by atoms with Crippen molar-refractivity contribution in [3.8, 4) is 0 Å². The summed E-state index contributed by atoms with van der Waals surface area (Å²) in [6, 6.07) is 16.2. The Morgan fingerprint density at radius 1 is 0.947 bits per heavy atom. The van der Waals surface area contributed by atoms with Crippen molar-refractivity contribution in [2.45, 2.75) is 12.8 Å². The molecule has 0 aliphatic rings. The summed E-state index contributed by atoms with van der Waals surface area (Å²) in [7, 11) is 0. The van der Waals surface area contributed by atoms with E-state index >= 15 is 0 Å². The van der Waals surface area contributed by atoms with Gasteiger partial charge in [0.15, 0.2) is 0 Å². The van der Waals surface area contributed by atoms with Gasteiger partial charge in [-0.1, -0.05) is 30.3 Å². The van der Waals surface area contributed by atoms with Crippen molar-refractivity contribution in [1.82, 2.24) is 0 Å². The van der Waals surface area contributed by atoms with Gasteiger partial charge in [-0.3, -0.25) is 0 Å². The smallest absolute Gasteiger partial charge is 0.111 e. The first kappa shape index (κ1) is 12.1. The first-order chi connectivity index (χ1) is 9.38. The van der Waals surface area contributed by atoms with E-state index in [9.17, 15) is 4.91 Å². The lowest BCUT2D eigenvalue weighted by atomic mass is 10.0. The number of hydrogen-bond donors (Lipinski definition) is 0. The van der Waals surface area contributed by atoms with Crippen molar-refractivity contribution in [2.24, 2.45) is 5.18 Å². The van der Waals surface area contributed by atoms with Gasteiger partial charge in [-0.25, -0.2) is 0 Å². The summed E-state index contributed by atoms with van der Waals surface area (Å²) in [5.41, 5.74) is 2.92. The second-order valence-corrected chi connectivity index (χ2v) is 5.42. The monoisotopic (exact) mass is 267 g/mol. The minimum atomic E-state index is 0.571. The lowest BCUT2D eigenvalue weighted by Gasteiger charge is -2.06. The van der Waals surface area contributed by atoms with Gasteiger partial charge in [0.1, 0.15) is 5.69 Å². The van der Waals surface area contributed by atoms with Crippen LogP contribution in [0.4, 0.5) is 5.69 Å². The third-order valence-electron chi connectivity index (χ3n) is 3.33. The molecule has 2 nitrogen and oxygen atoms in total. The maximum absolute atomic E-state index is 11.0. The van der Waals surface area contributed by atoms with E-state index in [0.717, 1.165) is 23.8 Å². The molecule has 1 heterocycles. The third kappa shape index (κ3) is 2.42. The summed E-state index contributed by atoms with van der Waals surface area (Å²) in [6.07, 6.45) is 1.78. The maximum atomic E-state index is 11.0. The number of nitroso groups, excluding NO2 is 1. The molecule has 0 amide bonds. The Morgan fingerprint density at radius 3 is 2.58 bits per heavy atom. The molecule has 0 saturated carbocycles. The molecular weight excluding hydrogens is 254 g/mol. The lowest BCUT2D eigenvalue weighted by molar-refractivity contribution is 0.968. The van der Waals surface area contributed by atoms with Crippen LogP contribution in [0.5, 0.6) is 0 Å². The number of thiophene rings is 1. The van der Waals surface area contributed by atoms with Crippen LogP contribution in [0.2, 0.25) is 0 Å². The zero-order chi connectivity index (χ0) is 13.1. The summed E-state index contributed by atoms with van der Waals surface area (Å²) >= 11 is 1.70. The van der Waals surface area contributed by atoms with Crippen LogP contribution in [-0.4, -0.2) is 0 Å². The van der Waals surface area contributed by atoms with Gasteiger partial charge in [-0.2, -0.15) is 0 Å². The predicted octanol–water partition coefficient (Wildman–Crippen LogP) is 5.08. The molecule has 0 aliphatic carbocycles. The van der Waals surface area contributed by atoms with Crippen molar-refractivity contribution in [2.75, 3.05) is 0 Å². The van der Waals surface area contributed by atoms with E-state index in [2.05, 4.69) is 28.8 Å². The average molecular weight is 267 g/mol. The second kappa shape index (κ2) is 5.33. The normalized spacial score (nSPS) is 10.7. The number of aryl methyl sites for hydroxylation is 2. The molecule has 0 spiro atoms. The molecule has 0 saturated heterocycles. The van der Waals surface area contributed by atoms with E-state index in [1.807, 2.05) is 30.3 Å². The van der Waals surface area contributed by atoms with Crippen LogP contribution < -0.4 is 0 Å². The summed E-state index contributed by atoms with van der Waals surface area (Å²) in [6.45, 7) is 0. The van der Waals surface area contributed by atoms with E-state index in [0.29, 0.717) is 5.69 Å². The SMILES string of the molecule is O=Nc1ccc2sccc2c1CCc1ccccc1. The zero-order valence-electron chi connectivity index (χ0n) is 10.4. The highest BCUT2D eigenvalue weighted by Crippen LogP contribution is 2.32. The number of nitrogens with zero attached hydrogens (tertiary/aromatic N) is 1. The van der Waals surface area contributed by atoms with Gasteiger partial charge in [-0.15, -0.1) is 16.2 Å². The molecule has 0 fully saturated rings. The lowest BCUT2D eigenvalue weighted by Crippen LogP contribution is -1.92. The van der Waals surface area contributed by atoms with Crippen LogP contribution >= 0.6 is 11.3 Å². The predicted molar refractivity (Wildman–Crippen MR) is 81.1 cm³/mol. The molecule has 0 aliphatic heterocycles. The fourth-order valence-electron chi connectivity index (χ4n) is 2.35. The average Bonchev–Trinajstić information content (AvgIpc) is 2.94. The second-order valence-electron chi connectivity index (χ2n) is 4.47. The van der Waals surface area contributed by atoms with E-state index in [4.69, 9.17) is 0 Å². The van der Waals surface area contributed by atoms with Crippen LogP contribution in [0.3, 0.4) is 0 Å². The van der Waals surface area contributed by atoms with Crippen LogP contribution in [-0.2, 0) is 12.8 Å². The summed E-state index contributed by atoms with van der Waals surface area (Å²) in [5, 5.41) is 6.39. The van der Waals surface area contributed by atoms with Gasteiger partial charge >= 0.3 is 0 Å². The van der Waals surface area contributed by atoms with Crippen LogP contribution in [0.15, 0.2) is 59.1 Å². The molecule has 3 aromatic rings. The molecule has 0 atom stereocenters. The summed E-state index contributed by atoms with van der Waals surface area (Å²) in [4.78, 5) is 11.0. The zero-order valence-corrected chi connectivity index (χ0v) is 11.2. The molecule has 3 heteroatoms. The minimum Gasteiger partial charge on any atom is -0.145 e. The molecule has 1 aromatic heterocycles. The Balaban J connectivity index is 1.95. The number of rotatable bonds is 4. The van der Waals surface area contributed by atoms with Gasteiger partial charge in [0.05, 0.1) is 0 Å². The first-order valence-corrected chi connectivity index (χ1v) is 7.13. The quantitative estimate of drug-likeness (QED) is 0.606. The van der Waals surface area contributed by atoms with Gasteiger partial charge in [0.25, 0.3) is 0 Å².